The van der Waals surface area contributed by atoms with Crippen LogP contribution in [0.3, 0.4) is 0 Å². The van der Waals surface area contributed by atoms with Crippen molar-refractivity contribution in [1.82, 2.24) is 4.90 Å². The van der Waals surface area contributed by atoms with Crippen LogP contribution in [-0.2, 0) is 47.5 Å². The fourth-order valence-corrected chi connectivity index (χ4v) is 11.1. The summed E-state index contributed by atoms with van der Waals surface area (Å²) in [5.74, 6) is 0.733. The maximum atomic E-state index is 14.7. The van der Waals surface area contributed by atoms with Gasteiger partial charge in [-0.05, 0) is 128 Å². The number of carbonyl (C=O) groups is 2. The van der Waals surface area contributed by atoms with Crippen LogP contribution in [-0.4, -0.2) is 119 Å². The number of ether oxygens (including phenoxy) is 8. The third-order valence-electron chi connectivity index (χ3n) is 13.8. The molecule has 0 spiro atoms. The van der Waals surface area contributed by atoms with Crippen LogP contribution in [0.15, 0.2) is 11.6 Å². The van der Waals surface area contributed by atoms with Crippen LogP contribution in [0.4, 0.5) is 0 Å². The number of carbonyl (C=O) groups excluding carboxylic acids is 2. The number of fused-ring (bicyclic) bond motifs is 5. The second-order valence-corrected chi connectivity index (χ2v) is 17.1. The Morgan fingerprint density at radius 3 is 2.28 bits per heavy atom. The first-order valence-electron chi connectivity index (χ1n) is 20.9. The Bertz CT molecular complexity index is 1260. The summed E-state index contributed by atoms with van der Waals surface area (Å²) in [5.41, 5.74) is 0.816. The van der Waals surface area contributed by atoms with Gasteiger partial charge in [0.05, 0.1) is 30.8 Å². The molecule has 11 heteroatoms. The predicted octanol–water partition coefficient (Wildman–Crippen LogP) is 6.10. The number of likely N-dealkylation sites (N-methyl/N-ethyl adjacent to an activating group) is 1. The first-order chi connectivity index (χ1) is 25.5. The Labute approximate surface area is 318 Å². The number of hydrogen-bond donors (Lipinski definition) is 0. The van der Waals surface area contributed by atoms with Gasteiger partial charge in [-0.1, -0.05) is 19.9 Å². The summed E-state index contributed by atoms with van der Waals surface area (Å²) in [6.07, 6.45) is 8.81. The molecule has 0 amide bonds. The second kappa shape index (κ2) is 18.2. The maximum Gasteiger partial charge on any atom is 0.306 e. The third-order valence-corrected chi connectivity index (χ3v) is 13.8. The molecule has 3 aliphatic carbocycles. The van der Waals surface area contributed by atoms with Gasteiger partial charge in [0.25, 0.3) is 0 Å². The SMILES string of the molecule is CCOC1C(OC)C(C)OC(O[C@@H]2C[C@H]3CC[C@@H]4[C@@H](C=C5C(=O)[C@H](C)C(OC6CCC(N(C)C)C(C)O6)CCC[C@H](CC)OC(=O)C[C@H]54)[C@@H]3C2)C1OC. The monoisotopic (exact) mass is 747 g/mol. The highest BCUT2D eigenvalue weighted by Gasteiger charge is 2.54. The first kappa shape index (κ1) is 41.2. The van der Waals surface area contributed by atoms with E-state index < -0.39 is 12.4 Å². The number of rotatable bonds is 10. The Hall–Kier alpha value is -1.44. The molecule has 302 valence electrons. The number of nitrogens with zero attached hydrogens (tertiary/aromatic N) is 1. The van der Waals surface area contributed by atoms with Crippen molar-refractivity contribution >= 4 is 11.8 Å². The smallest absolute Gasteiger partial charge is 0.306 e. The molecule has 3 heterocycles. The maximum absolute atomic E-state index is 14.7. The molecule has 0 bridgehead atoms. The van der Waals surface area contributed by atoms with Gasteiger partial charge in [0.15, 0.2) is 18.4 Å². The third kappa shape index (κ3) is 8.93. The molecule has 11 nitrogen and oxygen atoms in total. The highest BCUT2D eigenvalue weighted by molar-refractivity contribution is 5.99. The molecule has 3 aliphatic heterocycles. The Morgan fingerprint density at radius 2 is 1.60 bits per heavy atom. The molecule has 0 aromatic rings. The number of esters is 1. The van der Waals surface area contributed by atoms with Crippen molar-refractivity contribution in [2.24, 2.45) is 35.5 Å². The summed E-state index contributed by atoms with van der Waals surface area (Å²) in [6.45, 7) is 10.7. The van der Waals surface area contributed by atoms with E-state index >= 15 is 0 Å². The van der Waals surface area contributed by atoms with E-state index in [9.17, 15) is 9.59 Å². The summed E-state index contributed by atoms with van der Waals surface area (Å²) >= 11 is 0. The van der Waals surface area contributed by atoms with Gasteiger partial charge in [0, 0.05) is 38.7 Å². The largest absolute Gasteiger partial charge is 0.462 e. The molecule has 17 atom stereocenters. The highest BCUT2D eigenvalue weighted by Crippen LogP contribution is 2.57. The molecular weight excluding hydrogens is 678 g/mol. The lowest BCUT2D eigenvalue weighted by molar-refractivity contribution is -0.317. The molecule has 2 saturated carbocycles. The fraction of sp³-hybridized carbons (Fsp3) is 0.905. The van der Waals surface area contributed by atoms with Gasteiger partial charge in [0.1, 0.15) is 24.4 Å². The van der Waals surface area contributed by atoms with E-state index in [1.54, 1.807) is 14.2 Å². The van der Waals surface area contributed by atoms with Crippen LogP contribution >= 0.6 is 0 Å². The summed E-state index contributed by atoms with van der Waals surface area (Å²) in [5, 5.41) is 0. The molecule has 6 rings (SSSR count). The van der Waals surface area contributed by atoms with Crippen LogP contribution in [0.25, 0.3) is 0 Å². The zero-order chi connectivity index (χ0) is 38.0. The summed E-state index contributed by atoms with van der Waals surface area (Å²) < 4.78 is 50.2. The predicted molar refractivity (Wildman–Crippen MR) is 199 cm³/mol. The van der Waals surface area contributed by atoms with Crippen molar-refractivity contribution in [3.63, 3.8) is 0 Å². The minimum atomic E-state index is -0.568. The number of Topliss-reactive ketones (excluding diaryl/α,β-unsaturated/α-hetero) is 1. The number of hydrogen-bond acceptors (Lipinski definition) is 11. The average Bonchev–Trinajstić information content (AvgIpc) is 3.70. The van der Waals surface area contributed by atoms with Gasteiger partial charge in [-0.25, -0.2) is 0 Å². The van der Waals surface area contributed by atoms with Crippen LogP contribution in [0.2, 0.25) is 0 Å². The summed E-state index contributed by atoms with van der Waals surface area (Å²) in [7, 11) is 7.55. The van der Waals surface area contributed by atoms with Crippen LogP contribution in [0.5, 0.6) is 0 Å². The van der Waals surface area contributed by atoms with Gasteiger partial charge < -0.3 is 42.8 Å². The number of cyclic esters (lactones) is 1. The molecule has 3 saturated heterocycles. The van der Waals surface area contributed by atoms with Crippen molar-refractivity contribution in [1.29, 1.82) is 0 Å². The molecule has 5 fully saturated rings. The molecule has 53 heavy (non-hydrogen) atoms. The minimum Gasteiger partial charge on any atom is -0.462 e. The van der Waals surface area contributed by atoms with Crippen molar-refractivity contribution in [3.05, 3.63) is 11.6 Å². The van der Waals surface area contributed by atoms with Gasteiger partial charge in [0.2, 0.25) is 0 Å². The van der Waals surface area contributed by atoms with Gasteiger partial charge in [-0.15, -0.1) is 0 Å². The second-order valence-electron chi connectivity index (χ2n) is 17.1. The standard InChI is InChI=1S/C42H69NO10/c1-10-27-13-12-14-35(53-37-18-17-34(43(6)7)24(4)49-37)23(3)38(45)33-21-31-29(32(33)22-36(44)51-27)16-15-26-19-28(20-30(26)31)52-42-41(47-9)40(48-11-2)39(46-8)25(5)50-42/h21,23-32,34-35,37,39-42H,10-20,22H2,1-9H3/t23-,24?,25?,26-,27+,28-,29-,30-,31-,32+,34?,35?,37?,39?,40?,41?,42?/m1/s1. The van der Waals surface area contributed by atoms with Gasteiger partial charge >= 0.3 is 5.97 Å². The number of methoxy groups -OCH3 is 2. The van der Waals surface area contributed by atoms with Crippen molar-refractivity contribution in [2.75, 3.05) is 34.9 Å². The Morgan fingerprint density at radius 1 is 0.830 bits per heavy atom. The van der Waals surface area contributed by atoms with E-state index in [2.05, 4.69) is 38.9 Å². The van der Waals surface area contributed by atoms with Crippen LogP contribution < -0.4 is 0 Å². The van der Waals surface area contributed by atoms with Gasteiger partial charge in [-0.3, -0.25) is 9.59 Å². The molecule has 0 N–H and O–H groups in total. The van der Waals surface area contributed by atoms with Crippen LogP contribution in [0, 0.1) is 35.5 Å². The summed E-state index contributed by atoms with van der Waals surface area (Å²) in [6, 6.07) is 0.345. The van der Waals surface area contributed by atoms with Crippen molar-refractivity contribution in [3.8, 4) is 0 Å². The van der Waals surface area contributed by atoms with Gasteiger partial charge in [-0.2, -0.15) is 0 Å². The topological polar surface area (TPSA) is 111 Å². The highest BCUT2D eigenvalue weighted by atomic mass is 16.7. The lowest BCUT2D eigenvalue weighted by atomic mass is 9.66. The van der Waals surface area contributed by atoms with E-state index in [1.807, 2.05) is 20.8 Å². The number of ketones is 1. The average molecular weight is 748 g/mol. The van der Waals surface area contributed by atoms with E-state index in [-0.39, 0.29) is 90.9 Å². The van der Waals surface area contributed by atoms with E-state index in [0.717, 1.165) is 69.8 Å². The van der Waals surface area contributed by atoms with E-state index in [4.69, 9.17) is 37.9 Å². The lowest BCUT2D eigenvalue weighted by Crippen LogP contribution is -2.60. The molecule has 0 radical (unpaired) electrons. The number of allylic oxidation sites excluding steroid dienone is 2. The Kier molecular flexibility index (Phi) is 14.2. The van der Waals surface area contributed by atoms with E-state index in [0.29, 0.717) is 24.5 Å². The lowest BCUT2D eigenvalue weighted by Gasteiger charge is -2.44. The van der Waals surface area contributed by atoms with Crippen molar-refractivity contribution in [2.45, 2.75) is 173 Å². The summed E-state index contributed by atoms with van der Waals surface area (Å²) in [4.78, 5) is 30.5. The van der Waals surface area contributed by atoms with Crippen LogP contribution in [0.1, 0.15) is 105 Å². The molecule has 6 aliphatic rings. The normalized spacial score (nSPS) is 45.4. The van der Waals surface area contributed by atoms with E-state index in [1.165, 1.54) is 0 Å². The minimum absolute atomic E-state index is 0.00218. The quantitative estimate of drug-likeness (QED) is 0.242. The Balaban J connectivity index is 1.20. The van der Waals surface area contributed by atoms with Crippen molar-refractivity contribution < 1.29 is 47.5 Å². The molecular formula is C42H69NO10. The zero-order valence-corrected chi connectivity index (χ0v) is 33.9. The fourth-order valence-electron chi connectivity index (χ4n) is 11.1. The molecule has 9 unspecified atom stereocenters. The molecule has 0 aromatic heterocycles. The molecule has 0 aromatic carbocycles. The first-order valence-corrected chi connectivity index (χ1v) is 20.9. The zero-order valence-electron chi connectivity index (χ0n) is 33.9.